The Morgan fingerprint density at radius 2 is 1.90 bits per heavy atom. The second-order valence-electron chi connectivity index (χ2n) is 5.88. The summed E-state index contributed by atoms with van der Waals surface area (Å²) in [6.45, 7) is 10.7. The summed E-state index contributed by atoms with van der Waals surface area (Å²) in [5, 5.41) is 12.3. The van der Waals surface area contributed by atoms with Gasteiger partial charge in [-0.2, -0.15) is 0 Å². The van der Waals surface area contributed by atoms with E-state index in [-0.39, 0.29) is 18.5 Å². The van der Waals surface area contributed by atoms with Crippen LogP contribution in [0.2, 0.25) is 0 Å². The lowest BCUT2D eigenvalue weighted by atomic mass is 9.98. The standard InChI is InChI=1S/C14H27N3O3/c1-5-11(2)17(10-12(18)19)13(20)14(3,4)16-8-6-15-7-9-16/h11,15H,5-10H2,1-4H3,(H,18,19). The predicted molar refractivity (Wildman–Crippen MR) is 77.6 cm³/mol. The Balaban J connectivity index is 2.87. The van der Waals surface area contributed by atoms with Crippen LogP contribution in [0.3, 0.4) is 0 Å². The predicted octanol–water partition coefficient (Wildman–Crippen LogP) is 0.382. The molecule has 0 aromatic rings. The first-order chi connectivity index (χ1) is 9.30. The zero-order valence-electron chi connectivity index (χ0n) is 13.0. The highest BCUT2D eigenvalue weighted by Gasteiger charge is 2.39. The molecule has 0 aliphatic carbocycles. The molecule has 0 saturated carbocycles. The third kappa shape index (κ3) is 3.93. The zero-order valence-corrected chi connectivity index (χ0v) is 13.0. The third-order valence-electron chi connectivity index (χ3n) is 4.12. The molecule has 0 aromatic carbocycles. The molecule has 1 heterocycles. The topological polar surface area (TPSA) is 72.9 Å². The van der Waals surface area contributed by atoms with Crippen LogP contribution in [0.15, 0.2) is 0 Å². The number of hydrogen-bond acceptors (Lipinski definition) is 4. The number of carboxylic acids is 1. The van der Waals surface area contributed by atoms with Crippen molar-refractivity contribution in [3.05, 3.63) is 0 Å². The van der Waals surface area contributed by atoms with E-state index in [0.717, 1.165) is 32.6 Å². The van der Waals surface area contributed by atoms with E-state index in [4.69, 9.17) is 5.11 Å². The van der Waals surface area contributed by atoms with Gasteiger partial charge in [0.05, 0.1) is 5.54 Å². The van der Waals surface area contributed by atoms with Gasteiger partial charge in [-0.25, -0.2) is 0 Å². The fourth-order valence-corrected chi connectivity index (χ4v) is 2.50. The molecule has 2 N–H and O–H groups in total. The molecule has 0 aromatic heterocycles. The van der Waals surface area contributed by atoms with Gasteiger partial charge in [-0.15, -0.1) is 0 Å². The third-order valence-corrected chi connectivity index (χ3v) is 4.12. The van der Waals surface area contributed by atoms with Crippen molar-refractivity contribution in [2.75, 3.05) is 32.7 Å². The Labute approximate surface area is 121 Å². The smallest absolute Gasteiger partial charge is 0.323 e. The summed E-state index contributed by atoms with van der Waals surface area (Å²) >= 11 is 0. The largest absolute Gasteiger partial charge is 0.480 e. The van der Waals surface area contributed by atoms with Crippen molar-refractivity contribution in [2.45, 2.75) is 45.7 Å². The van der Waals surface area contributed by atoms with E-state index in [1.807, 2.05) is 27.7 Å². The quantitative estimate of drug-likeness (QED) is 0.738. The van der Waals surface area contributed by atoms with E-state index in [0.29, 0.717) is 0 Å². The lowest BCUT2D eigenvalue weighted by Crippen LogP contribution is -2.62. The van der Waals surface area contributed by atoms with Gasteiger partial charge in [0.15, 0.2) is 0 Å². The van der Waals surface area contributed by atoms with Gasteiger partial charge >= 0.3 is 5.97 Å². The average Bonchev–Trinajstić information content (AvgIpc) is 2.43. The summed E-state index contributed by atoms with van der Waals surface area (Å²) < 4.78 is 0. The monoisotopic (exact) mass is 285 g/mol. The number of nitrogens with zero attached hydrogens (tertiary/aromatic N) is 2. The van der Waals surface area contributed by atoms with Crippen molar-refractivity contribution in [1.82, 2.24) is 15.1 Å². The molecule has 0 bridgehead atoms. The van der Waals surface area contributed by atoms with Gasteiger partial charge in [0.25, 0.3) is 0 Å². The molecular formula is C14H27N3O3. The number of hydrogen-bond donors (Lipinski definition) is 2. The van der Waals surface area contributed by atoms with Gasteiger partial charge in [0.2, 0.25) is 5.91 Å². The SMILES string of the molecule is CCC(C)N(CC(=O)O)C(=O)C(C)(C)N1CCNCC1. The van der Waals surface area contributed by atoms with E-state index in [2.05, 4.69) is 10.2 Å². The average molecular weight is 285 g/mol. The molecule has 1 rings (SSSR count). The Morgan fingerprint density at radius 1 is 1.35 bits per heavy atom. The first-order valence-electron chi connectivity index (χ1n) is 7.29. The maximum atomic E-state index is 12.8. The molecule has 1 fully saturated rings. The summed E-state index contributed by atoms with van der Waals surface area (Å²) in [5.41, 5.74) is -0.666. The molecule has 20 heavy (non-hydrogen) atoms. The van der Waals surface area contributed by atoms with E-state index >= 15 is 0 Å². The number of amides is 1. The number of carboxylic acid groups (broad SMARTS) is 1. The molecule has 6 heteroatoms. The summed E-state index contributed by atoms with van der Waals surface area (Å²) in [5.74, 6) is -1.06. The molecule has 1 amide bonds. The Kier molecular flexibility index (Phi) is 5.95. The molecule has 1 unspecified atom stereocenters. The molecule has 1 aliphatic rings. The van der Waals surface area contributed by atoms with Crippen molar-refractivity contribution in [3.8, 4) is 0 Å². The van der Waals surface area contributed by atoms with E-state index in [1.165, 1.54) is 4.90 Å². The maximum Gasteiger partial charge on any atom is 0.323 e. The Hall–Kier alpha value is -1.14. The van der Waals surface area contributed by atoms with Crippen LogP contribution in [0.4, 0.5) is 0 Å². The first-order valence-corrected chi connectivity index (χ1v) is 7.29. The number of nitrogens with one attached hydrogen (secondary N) is 1. The minimum Gasteiger partial charge on any atom is -0.480 e. The second kappa shape index (κ2) is 7.04. The lowest BCUT2D eigenvalue weighted by molar-refractivity contribution is -0.152. The normalized spacial score (nSPS) is 18.6. The van der Waals surface area contributed by atoms with Gasteiger partial charge in [0.1, 0.15) is 6.54 Å². The number of aliphatic carboxylic acids is 1. The molecule has 0 radical (unpaired) electrons. The fraction of sp³-hybridized carbons (Fsp3) is 0.857. The van der Waals surface area contributed by atoms with Crippen LogP contribution in [-0.4, -0.2) is 71.1 Å². The maximum absolute atomic E-state index is 12.8. The highest BCUT2D eigenvalue weighted by Crippen LogP contribution is 2.20. The zero-order chi connectivity index (χ0) is 15.3. The summed E-state index contributed by atoms with van der Waals surface area (Å²) in [4.78, 5) is 27.4. The molecule has 0 spiro atoms. The number of rotatable bonds is 6. The van der Waals surface area contributed by atoms with Crippen LogP contribution in [0.1, 0.15) is 34.1 Å². The van der Waals surface area contributed by atoms with E-state index in [1.54, 1.807) is 0 Å². The molecule has 1 saturated heterocycles. The Morgan fingerprint density at radius 3 is 2.35 bits per heavy atom. The second-order valence-corrected chi connectivity index (χ2v) is 5.88. The van der Waals surface area contributed by atoms with Gasteiger partial charge in [0, 0.05) is 32.2 Å². The molecule has 1 aliphatic heterocycles. The number of carbonyl (C=O) groups is 2. The van der Waals surface area contributed by atoms with Crippen molar-refractivity contribution >= 4 is 11.9 Å². The van der Waals surface area contributed by atoms with Crippen molar-refractivity contribution in [3.63, 3.8) is 0 Å². The lowest BCUT2D eigenvalue weighted by Gasteiger charge is -2.43. The van der Waals surface area contributed by atoms with Gasteiger partial charge in [-0.3, -0.25) is 14.5 Å². The number of carbonyl (C=O) groups excluding carboxylic acids is 1. The van der Waals surface area contributed by atoms with Crippen LogP contribution in [0.25, 0.3) is 0 Å². The minimum atomic E-state index is -0.963. The van der Waals surface area contributed by atoms with Gasteiger partial charge < -0.3 is 15.3 Å². The highest BCUT2D eigenvalue weighted by molar-refractivity contribution is 5.88. The highest BCUT2D eigenvalue weighted by atomic mass is 16.4. The molecular weight excluding hydrogens is 258 g/mol. The van der Waals surface area contributed by atoms with Crippen molar-refractivity contribution in [1.29, 1.82) is 0 Å². The van der Waals surface area contributed by atoms with E-state index < -0.39 is 11.5 Å². The summed E-state index contributed by atoms with van der Waals surface area (Å²) in [7, 11) is 0. The van der Waals surface area contributed by atoms with Crippen LogP contribution >= 0.6 is 0 Å². The van der Waals surface area contributed by atoms with Crippen molar-refractivity contribution in [2.24, 2.45) is 0 Å². The summed E-state index contributed by atoms with van der Waals surface area (Å²) in [6, 6.07) is -0.0687. The van der Waals surface area contributed by atoms with Crippen LogP contribution in [0, 0.1) is 0 Å². The number of piperazine rings is 1. The summed E-state index contributed by atoms with van der Waals surface area (Å²) in [6.07, 6.45) is 0.747. The Bertz CT molecular complexity index is 352. The minimum absolute atomic E-state index is 0.0687. The fourth-order valence-electron chi connectivity index (χ4n) is 2.50. The molecule has 6 nitrogen and oxygen atoms in total. The molecule has 116 valence electrons. The van der Waals surface area contributed by atoms with Crippen LogP contribution < -0.4 is 5.32 Å². The van der Waals surface area contributed by atoms with Crippen molar-refractivity contribution < 1.29 is 14.7 Å². The van der Waals surface area contributed by atoms with Gasteiger partial charge in [-0.1, -0.05) is 6.92 Å². The molecule has 1 atom stereocenters. The van der Waals surface area contributed by atoms with Gasteiger partial charge in [-0.05, 0) is 27.2 Å². The van der Waals surface area contributed by atoms with Crippen LogP contribution in [0.5, 0.6) is 0 Å². The van der Waals surface area contributed by atoms with Crippen LogP contribution in [-0.2, 0) is 9.59 Å². The van der Waals surface area contributed by atoms with E-state index in [9.17, 15) is 9.59 Å². The first kappa shape index (κ1) is 16.9.